The number of benzene rings is 1. The molecule has 0 spiro atoms. The molecule has 0 aliphatic carbocycles. The molecule has 1 aromatic carbocycles. The van der Waals surface area contributed by atoms with Crippen molar-refractivity contribution in [3.63, 3.8) is 0 Å². The fourth-order valence-electron chi connectivity index (χ4n) is 1.65. The molecule has 0 radical (unpaired) electrons. The highest BCUT2D eigenvalue weighted by molar-refractivity contribution is 5.40. The quantitative estimate of drug-likeness (QED) is 0.896. The van der Waals surface area contributed by atoms with Crippen LogP contribution in [0.3, 0.4) is 0 Å². The maximum Gasteiger partial charge on any atom is 0.238 e. The summed E-state index contributed by atoms with van der Waals surface area (Å²) in [4.78, 5) is 8.51. The number of aryl methyl sites for hydroxylation is 1. The third kappa shape index (κ3) is 2.84. The normalized spacial score (nSPS) is 10.4. The molecule has 0 aliphatic rings. The van der Waals surface area contributed by atoms with E-state index in [1.165, 1.54) is 5.56 Å². The molecule has 0 saturated carbocycles. The van der Waals surface area contributed by atoms with Crippen molar-refractivity contribution in [3.8, 4) is 11.6 Å². The summed E-state index contributed by atoms with van der Waals surface area (Å²) in [7, 11) is 1.87. The lowest BCUT2D eigenvalue weighted by atomic mass is 10.1. The van der Waals surface area contributed by atoms with Crippen molar-refractivity contribution < 1.29 is 4.74 Å². The lowest BCUT2D eigenvalue weighted by molar-refractivity contribution is 0.453. The van der Waals surface area contributed by atoms with Gasteiger partial charge in [-0.2, -0.15) is 0 Å². The van der Waals surface area contributed by atoms with Crippen molar-refractivity contribution >= 4 is 0 Å². The molecule has 18 heavy (non-hydrogen) atoms. The fourth-order valence-corrected chi connectivity index (χ4v) is 1.65. The van der Waals surface area contributed by atoms with Crippen LogP contribution >= 0.6 is 0 Å². The van der Waals surface area contributed by atoms with Crippen LogP contribution in [0.15, 0.2) is 30.6 Å². The Hall–Kier alpha value is -1.94. The highest BCUT2D eigenvalue weighted by Gasteiger charge is 2.05. The van der Waals surface area contributed by atoms with Crippen LogP contribution in [-0.2, 0) is 6.54 Å². The minimum Gasteiger partial charge on any atom is -0.437 e. The number of ether oxygens (including phenoxy) is 1. The van der Waals surface area contributed by atoms with Gasteiger partial charge in [-0.1, -0.05) is 12.1 Å². The average molecular weight is 243 g/mol. The molecule has 0 bridgehead atoms. The number of hydrogen-bond donors (Lipinski definition) is 1. The number of rotatable bonds is 4. The summed E-state index contributed by atoms with van der Waals surface area (Å²) in [6.45, 7) is 4.78. The van der Waals surface area contributed by atoms with Gasteiger partial charge in [-0.25, -0.2) is 4.98 Å². The Balaban J connectivity index is 2.23. The molecular formula is C14H17N3O. The van der Waals surface area contributed by atoms with E-state index in [0.717, 1.165) is 17.0 Å². The summed E-state index contributed by atoms with van der Waals surface area (Å²) in [5.41, 5.74) is 3.19. The Labute approximate surface area is 107 Å². The van der Waals surface area contributed by atoms with Crippen molar-refractivity contribution in [1.82, 2.24) is 15.3 Å². The molecule has 1 heterocycles. The molecule has 2 rings (SSSR count). The van der Waals surface area contributed by atoms with Gasteiger partial charge in [0.2, 0.25) is 5.88 Å². The third-order valence-electron chi connectivity index (χ3n) is 2.79. The monoisotopic (exact) mass is 243 g/mol. The Morgan fingerprint density at radius 3 is 2.83 bits per heavy atom. The van der Waals surface area contributed by atoms with Gasteiger partial charge < -0.3 is 10.1 Å². The SMILES string of the molecule is CNCc1cncc(Oc2cccc(C)c2C)n1. The minimum absolute atomic E-state index is 0.524. The second-order valence-electron chi connectivity index (χ2n) is 4.18. The van der Waals surface area contributed by atoms with Crippen LogP contribution in [-0.4, -0.2) is 17.0 Å². The van der Waals surface area contributed by atoms with Gasteiger partial charge >= 0.3 is 0 Å². The van der Waals surface area contributed by atoms with Gasteiger partial charge in [0.1, 0.15) is 5.75 Å². The Bertz CT molecular complexity index is 540. The van der Waals surface area contributed by atoms with Gasteiger partial charge in [0.25, 0.3) is 0 Å². The lowest BCUT2D eigenvalue weighted by Gasteiger charge is -2.10. The van der Waals surface area contributed by atoms with E-state index in [1.807, 2.05) is 26.1 Å². The number of nitrogens with zero attached hydrogens (tertiary/aromatic N) is 2. The van der Waals surface area contributed by atoms with Gasteiger partial charge in [0.05, 0.1) is 11.9 Å². The second kappa shape index (κ2) is 5.60. The summed E-state index contributed by atoms with van der Waals surface area (Å²) in [6.07, 6.45) is 3.35. The molecular weight excluding hydrogens is 226 g/mol. The third-order valence-corrected chi connectivity index (χ3v) is 2.79. The summed E-state index contributed by atoms with van der Waals surface area (Å²) in [5.74, 6) is 1.35. The van der Waals surface area contributed by atoms with E-state index in [2.05, 4.69) is 28.3 Å². The topological polar surface area (TPSA) is 47.0 Å². The van der Waals surface area contributed by atoms with E-state index in [1.54, 1.807) is 12.4 Å². The minimum atomic E-state index is 0.524. The van der Waals surface area contributed by atoms with Crippen molar-refractivity contribution in [3.05, 3.63) is 47.4 Å². The van der Waals surface area contributed by atoms with Gasteiger partial charge in [-0.05, 0) is 38.1 Å². The zero-order valence-corrected chi connectivity index (χ0v) is 10.9. The first-order chi connectivity index (χ1) is 8.70. The average Bonchev–Trinajstić information content (AvgIpc) is 2.36. The fraction of sp³-hybridized carbons (Fsp3) is 0.286. The highest BCUT2D eigenvalue weighted by Crippen LogP contribution is 2.25. The summed E-state index contributed by atoms with van der Waals surface area (Å²) in [6, 6.07) is 5.97. The molecule has 1 aromatic heterocycles. The summed E-state index contributed by atoms with van der Waals surface area (Å²) >= 11 is 0. The van der Waals surface area contributed by atoms with Crippen LogP contribution in [0, 0.1) is 13.8 Å². The zero-order valence-electron chi connectivity index (χ0n) is 10.9. The second-order valence-corrected chi connectivity index (χ2v) is 4.18. The van der Waals surface area contributed by atoms with Gasteiger partial charge in [0.15, 0.2) is 0 Å². The maximum absolute atomic E-state index is 5.78. The molecule has 0 aliphatic heterocycles. The molecule has 0 unspecified atom stereocenters. The van der Waals surface area contributed by atoms with E-state index in [9.17, 15) is 0 Å². The van der Waals surface area contributed by atoms with Crippen LogP contribution in [0.25, 0.3) is 0 Å². The van der Waals surface area contributed by atoms with E-state index in [4.69, 9.17) is 4.74 Å². The van der Waals surface area contributed by atoms with Gasteiger partial charge in [-0.15, -0.1) is 0 Å². The standard InChI is InChI=1S/C14H17N3O/c1-10-5-4-6-13(11(10)2)18-14-9-16-8-12(17-14)7-15-3/h4-6,8-9,15H,7H2,1-3H3. The Morgan fingerprint density at radius 1 is 1.22 bits per heavy atom. The van der Waals surface area contributed by atoms with E-state index in [0.29, 0.717) is 12.4 Å². The lowest BCUT2D eigenvalue weighted by Crippen LogP contribution is -2.07. The maximum atomic E-state index is 5.78. The van der Waals surface area contributed by atoms with Crippen LogP contribution < -0.4 is 10.1 Å². The van der Waals surface area contributed by atoms with Crippen LogP contribution in [0.4, 0.5) is 0 Å². The van der Waals surface area contributed by atoms with E-state index in [-0.39, 0.29) is 0 Å². The Morgan fingerprint density at radius 2 is 2.06 bits per heavy atom. The predicted molar refractivity (Wildman–Crippen MR) is 70.8 cm³/mol. The molecule has 0 atom stereocenters. The largest absolute Gasteiger partial charge is 0.437 e. The van der Waals surface area contributed by atoms with Crippen LogP contribution in [0.1, 0.15) is 16.8 Å². The van der Waals surface area contributed by atoms with Crippen molar-refractivity contribution in [2.75, 3.05) is 7.05 Å². The molecule has 94 valence electrons. The first-order valence-corrected chi connectivity index (χ1v) is 5.90. The van der Waals surface area contributed by atoms with Gasteiger partial charge in [-0.3, -0.25) is 4.98 Å². The van der Waals surface area contributed by atoms with Crippen LogP contribution in [0.5, 0.6) is 11.6 Å². The van der Waals surface area contributed by atoms with E-state index >= 15 is 0 Å². The first kappa shape index (κ1) is 12.5. The van der Waals surface area contributed by atoms with Crippen molar-refractivity contribution in [2.24, 2.45) is 0 Å². The smallest absolute Gasteiger partial charge is 0.238 e. The highest BCUT2D eigenvalue weighted by atomic mass is 16.5. The first-order valence-electron chi connectivity index (χ1n) is 5.90. The Kier molecular flexibility index (Phi) is 3.89. The molecule has 0 saturated heterocycles. The van der Waals surface area contributed by atoms with E-state index < -0.39 is 0 Å². The molecule has 4 heteroatoms. The molecule has 2 aromatic rings. The predicted octanol–water partition coefficient (Wildman–Crippen LogP) is 2.61. The van der Waals surface area contributed by atoms with Crippen LogP contribution in [0.2, 0.25) is 0 Å². The molecule has 0 fully saturated rings. The zero-order chi connectivity index (χ0) is 13.0. The molecule has 0 amide bonds. The van der Waals surface area contributed by atoms with Gasteiger partial charge in [0, 0.05) is 12.7 Å². The summed E-state index contributed by atoms with van der Waals surface area (Å²) in [5, 5.41) is 3.04. The number of nitrogens with one attached hydrogen (secondary N) is 1. The molecule has 1 N–H and O–H groups in total. The summed E-state index contributed by atoms with van der Waals surface area (Å²) < 4.78 is 5.78. The number of hydrogen-bond acceptors (Lipinski definition) is 4. The molecule has 4 nitrogen and oxygen atoms in total. The van der Waals surface area contributed by atoms with Crippen molar-refractivity contribution in [1.29, 1.82) is 0 Å². The van der Waals surface area contributed by atoms with Crippen molar-refractivity contribution in [2.45, 2.75) is 20.4 Å². The number of aromatic nitrogens is 2.